The summed E-state index contributed by atoms with van der Waals surface area (Å²) in [6, 6.07) is 1.52. The summed E-state index contributed by atoms with van der Waals surface area (Å²) in [5.74, 6) is 0. The number of rotatable bonds is 1. The van der Waals surface area contributed by atoms with Crippen molar-refractivity contribution in [2.75, 3.05) is 6.26 Å². The maximum atomic E-state index is 12.7. The lowest BCUT2D eigenvalue weighted by atomic mass is 9.88. The number of hydrogen-bond acceptors (Lipinski definition) is 2. The normalized spacial score (nSPS) is 12.9. The topological polar surface area (TPSA) is 22.0 Å². The minimum atomic E-state index is -4.68. The Morgan fingerprint density at radius 3 is 2.12 bits per heavy atom. The van der Waals surface area contributed by atoms with Gasteiger partial charge >= 0.3 is 6.30 Å². The van der Waals surface area contributed by atoms with E-state index in [2.05, 4.69) is 0 Å². The van der Waals surface area contributed by atoms with Crippen molar-refractivity contribution in [2.24, 2.45) is 0 Å². The largest absolute Gasteiger partial charge is 0.491 e. The van der Waals surface area contributed by atoms with E-state index in [0.29, 0.717) is 4.90 Å². The van der Waals surface area contributed by atoms with Gasteiger partial charge in [-0.1, -0.05) is 20.8 Å². The Balaban J connectivity index is 3.60. The first-order valence-corrected chi connectivity index (χ1v) is 6.18. The number of halogens is 3. The van der Waals surface area contributed by atoms with Gasteiger partial charge in [-0.3, -0.25) is 4.79 Å². The van der Waals surface area contributed by atoms with Gasteiger partial charge in [0, 0.05) is 16.7 Å². The third-order valence-corrected chi connectivity index (χ3v) is 3.00. The van der Waals surface area contributed by atoms with E-state index in [1.165, 1.54) is 17.8 Å². The maximum absolute atomic E-state index is 12.7. The predicted molar refractivity (Wildman–Crippen MR) is 62.5 cm³/mol. The van der Waals surface area contributed by atoms with Crippen molar-refractivity contribution < 1.29 is 13.2 Å². The van der Waals surface area contributed by atoms with Crippen LogP contribution in [0.15, 0.2) is 22.0 Å². The summed E-state index contributed by atoms with van der Waals surface area (Å²) in [7, 11) is 0. The van der Waals surface area contributed by atoms with Crippen LogP contribution in [-0.4, -0.2) is 10.8 Å². The van der Waals surface area contributed by atoms with Gasteiger partial charge in [-0.05, 0) is 17.7 Å². The molecule has 0 bridgehead atoms. The SMILES string of the molecule is CSc1cc(C(C)(C)C)c(=O)n(C(F)(F)F)c1. The molecule has 0 saturated carbocycles. The molecule has 0 fully saturated rings. The molecule has 0 spiro atoms. The standard InChI is InChI=1S/C11H14F3NOS/c1-10(2,3)8-5-7(17-4)6-15(9(8)16)11(12,13)14/h5-6H,1-4H3. The van der Waals surface area contributed by atoms with Gasteiger partial charge in [0.25, 0.3) is 5.56 Å². The second kappa shape index (κ2) is 4.40. The highest BCUT2D eigenvalue weighted by molar-refractivity contribution is 7.98. The number of aromatic nitrogens is 1. The Morgan fingerprint density at radius 1 is 1.24 bits per heavy atom. The smallest absolute Gasteiger partial charge is 0.269 e. The fraction of sp³-hybridized carbons (Fsp3) is 0.545. The van der Waals surface area contributed by atoms with Crippen molar-refractivity contribution in [1.82, 2.24) is 4.57 Å². The minimum absolute atomic E-state index is 0.153. The third-order valence-electron chi connectivity index (χ3n) is 2.31. The van der Waals surface area contributed by atoms with E-state index in [1.807, 2.05) is 0 Å². The molecule has 0 aliphatic carbocycles. The van der Waals surface area contributed by atoms with E-state index in [-0.39, 0.29) is 10.1 Å². The van der Waals surface area contributed by atoms with Gasteiger partial charge in [-0.25, -0.2) is 4.57 Å². The van der Waals surface area contributed by atoms with E-state index in [1.54, 1.807) is 27.0 Å². The summed E-state index contributed by atoms with van der Waals surface area (Å²) < 4.78 is 37.9. The van der Waals surface area contributed by atoms with Crippen molar-refractivity contribution >= 4 is 11.8 Å². The zero-order valence-electron chi connectivity index (χ0n) is 10.1. The molecule has 1 rings (SSSR count). The molecule has 2 nitrogen and oxygen atoms in total. The molecular formula is C11H14F3NOS. The summed E-state index contributed by atoms with van der Waals surface area (Å²) >= 11 is 1.18. The van der Waals surface area contributed by atoms with E-state index >= 15 is 0 Å². The fourth-order valence-corrected chi connectivity index (χ4v) is 1.84. The summed E-state index contributed by atoms with van der Waals surface area (Å²) in [6.45, 7) is 5.15. The highest BCUT2D eigenvalue weighted by Crippen LogP contribution is 2.27. The van der Waals surface area contributed by atoms with E-state index in [4.69, 9.17) is 0 Å². The molecule has 0 unspecified atom stereocenters. The van der Waals surface area contributed by atoms with Crippen LogP contribution >= 0.6 is 11.8 Å². The average molecular weight is 265 g/mol. The first kappa shape index (κ1) is 14.2. The molecule has 0 aromatic carbocycles. The van der Waals surface area contributed by atoms with Crippen LogP contribution < -0.4 is 5.56 Å². The molecule has 0 radical (unpaired) electrons. The Hall–Kier alpha value is -0.910. The van der Waals surface area contributed by atoms with Crippen molar-refractivity contribution in [3.63, 3.8) is 0 Å². The molecule has 1 aromatic heterocycles. The lowest BCUT2D eigenvalue weighted by Crippen LogP contribution is -2.36. The summed E-state index contributed by atoms with van der Waals surface area (Å²) in [5, 5.41) is 0. The first-order valence-electron chi connectivity index (χ1n) is 4.95. The number of alkyl halides is 3. The van der Waals surface area contributed by atoms with Gasteiger partial charge in [0.1, 0.15) is 0 Å². The second-order valence-corrected chi connectivity index (χ2v) is 5.57. The van der Waals surface area contributed by atoms with Gasteiger partial charge in [-0.15, -0.1) is 24.9 Å². The lowest BCUT2D eigenvalue weighted by molar-refractivity contribution is -0.206. The van der Waals surface area contributed by atoms with Crippen LogP contribution in [0.4, 0.5) is 13.2 Å². The van der Waals surface area contributed by atoms with Crippen LogP contribution in [0.3, 0.4) is 0 Å². The van der Waals surface area contributed by atoms with E-state index < -0.39 is 17.3 Å². The van der Waals surface area contributed by atoms with Crippen LogP contribution in [0.25, 0.3) is 0 Å². The van der Waals surface area contributed by atoms with E-state index in [9.17, 15) is 18.0 Å². The summed E-state index contributed by atoms with van der Waals surface area (Å²) in [6.07, 6.45) is -2.17. The number of pyridine rings is 1. The van der Waals surface area contributed by atoms with Gasteiger partial charge in [0.05, 0.1) is 0 Å². The summed E-state index contributed by atoms with van der Waals surface area (Å²) in [4.78, 5) is 12.2. The van der Waals surface area contributed by atoms with Gasteiger partial charge < -0.3 is 0 Å². The molecule has 0 amide bonds. The van der Waals surface area contributed by atoms with Crippen LogP contribution in [0.1, 0.15) is 26.3 Å². The zero-order valence-corrected chi connectivity index (χ0v) is 10.9. The molecule has 0 saturated heterocycles. The molecule has 1 heterocycles. The lowest BCUT2D eigenvalue weighted by Gasteiger charge is -2.21. The third kappa shape index (κ3) is 3.06. The van der Waals surface area contributed by atoms with Crippen molar-refractivity contribution in [1.29, 1.82) is 0 Å². The first-order chi connectivity index (χ1) is 7.57. The molecule has 17 heavy (non-hydrogen) atoms. The van der Waals surface area contributed by atoms with Crippen molar-refractivity contribution in [2.45, 2.75) is 37.4 Å². The molecule has 96 valence electrons. The van der Waals surface area contributed by atoms with Gasteiger partial charge in [-0.2, -0.15) is 0 Å². The molecule has 1 aromatic rings. The van der Waals surface area contributed by atoms with Crippen molar-refractivity contribution in [3.05, 3.63) is 28.2 Å². The van der Waals surface area contributed by atoms with Gasteiger partial charge in [0.15, 0.2) is 0 Å². The average Bonchev–Trinajstić information content (AvgIpc) is 2.14. The number of thioether (sulfide) groups is 1. The quantitative estimate of drug-likeness (QED) is 0.726. The fourth-order valence-electron chi connectivity index (χ4n) is 1.39. The predicted octanol–water partition coefficient (Wildman–Crippen LogP) is 3.34. The number of hydrogen-bond donors (Lipinski definition) is 0. The van der Waals surface area contributed by atoms with Crippen LogP contribution in [0.5, 0.6) is 0 Å². The van der Waals surface area contributed by atoms with Crippen LogP contribution in [-0.2, 0) is 11.7 Å². The van der Waals surface area contributed by atoms with Gasteiger partial charge in [0.2, 0.25) is 0 Å². The van der Waals surface area contributed by atoms with E-state index in [0.717, 1.165) is 6.20 Å². The van der Waals surface area contributed by atoms with Crippen molar-refractivity contribution in [3.8, 4) is 0 Å². The summed E-state index contributed by atoms with van der Waals surface area (Å²) in [5.41, 5.74) is -1.44. The zero-order chi connectivity index (χ0) is 13.4. The maximum Gasteiger partial charge on any atom is 0.491 e. The monoisotopic (exact) mass is 265 g/mol. The Bertz CT molecular complexity index is 433. The molecule has 6 heteroatoms. The highest BCUT2D eigenvalue weighted by Gasteiger charge is 2.34. The Labute approximate surface area is 102 Å². The highest BCUT2D eigenvalue weighted by atomic mass is 32.2. The second-order valence-electron chi connectivity index (χ2n) is 4.69. The Kier molecular flexibility index (Phi) is 3.66. The molecule has 0 N–H and O–H groups in total. The molecule has 0 atom stereocenters. The molecule has 0 aliphatic rings. The van der Waals surface area contributed by atoms with Crippen LogP contribution in [0.2, 0.25) is 0 Å². The number of nitrogens with zero attached hydrogens (tertiary/aromatic N) is 1. The molecular weight excluding hydrogens is 251 g/mol. The Morgan fingerprint density at radius 2 is 1.76 bits per heavy atom. The molecule has 0 aliphatic heterocycles. The minimum Gasteiger partial charge on any atom is -0.269 e. The van der Waals surface area contributed by atoms with Crippen LogP contribution in [0, 0.1) is 0 Å².